The van der Waals surface area contributed by atoms with Crippen LogP contribution in [0.2, 0.25) is 0 Å². The van der Waals surface area contributed by atoms with Gasteiger partial charge in [0.2, 0.25) is 5.91 Å². The van der Waals surface area contributed by atoms with Crippen LogP contribution in [-0.4, -0.2) is 33.9 Å². The summed E-state index contributed by atoms with van der Waals surface area (Å²) < 4.78 is 32.9. The Morgan fingerprint density at radius 1 is 0.879 bits per heavy atom. The van der Waals surface area contributed by atoms with Crippen LogP contribution >= 0.6 is 0 Å². The molecule has 0 saturated carbocycles. The molecule has 0 unspecified atom stereocenters. The van der Waals surface area contributed by atoms with E-state index >= 15 is 0 Å². The topological polar surface area (TPSA) is 92.8 Å². The van der Waals surface area contributed by atoms with E-state index in [1.165, 1.54) is 19.2 Å². The first-order chi connectivity index (χ1) is 15.7. The second-order valence-electron chi connectivity index (χ2n) is 7.56. The Morgan fingerprint density at radius 2 is 1.55 bits per heavy atom. The van der Waals surface area contributed by atoms with Crippen molar-refractivity contribution in [3.63, 3.8) is 0 Å². The largest absolute Gasteiger partial charge is 0.465 e. The summed E-state index contributed by atoms with van der Waals surface area (Å²) in [4.78, 5) is 25.1. The summed E-state index contributed by atoms with van der Waals surface area (Å²) in [5, 5.41) is 2.73. The fourth-order valence-corrected chi connectivity index (χ4v) is 4.95. The van der Waals surface area contributed by atoms with Crippen molar-refractivity contribution in [1.82, 2.24) is 0 Å². The number of nitrogens with zero attached hydrogens (tertiary/aromatic N) is 1. The molecule has 1 amide bonds. The maximum atomic E-state index is 13.5. The minimum absolute atomic E-state index is 0.0857. The van der Waals surface area contributed by atoms with Crippen molar-refractivity contribution in [2.75, 3.05) is 23.3 Å². The van der Waals surface area contributed by atoms with E-state index in [1.807, 2.05) is 19.9 Å². The van der Waals surface area contributed by atoms with Crippen LogP contribution in [0, 0.1) is 20.8 Å². The molecule has 33 heavy (non-hydrogen) atoms. The summed E-state index contributed by atoms with van der Waals surface area (Å²) in [6, 6.07) is 18.2. The average Bonchev–Trinajstić information content (AvgIpc) is 2.81. The first kappa shape index (κ1) is 24.0. The third kappa shape index (κ3) is 5.06. The number of benzene rings is 3. The van der Waals surface area contributed by atoms with Gasteiger partial charge in [-0.3, -0.25) is 9.10 Å². The molecule has 0 aromatic heterocycles. The molecule has 3 aromatic rings. The average molecular weight is 467 g/mol. The van der Waals surface area contributed by atoms with Crippen LogP contribution in [0.4, 0.5) is 11.4 Å². The van der Waals surface area contributed by atoms with Gasteiger partial charge in [-0.25, -0.2) is 13.2 Å². The Labute approximate surface area is 194 Å². The lowest BCUT2D eigenvalue weighted by Crippen LogP contribution is -2.38. The van der Waals surface area contributed by atoms with Crippen molar-refractivity contribution in [3.05, 3.63) is 89.0 Å². The number of nitrogens with one attached hydrogen (secondary N) is 1. The van der Waals surface area contributed by atoms with Gasteiger partial charge in [0.15, 0.2) is 0 Å². The highest BCUT2D eigenvalue weighted by molar-refractivity contribution is 7.92. The summed E-state index contributed by atoms with van der Waals surface area (Å²) in [6.45, 7) is 4.95. The zero-order valence-electron chi connectivity index (χ0n) is 19.0. The second kappa shape index (κ2) is 9.87. The number of amides is 1. The Morgan fingerprint density at radius 3 is 2.21 bits per heavy atom. The molecule has 8 heteroatoms. The molecule has 0 saturated heterocycles. The lowest BCUT2D eigenvalue weighted by Gasteiger charge is -2.26. The molecule has 0 atom stereocenters. The van der Waals surface area contributed by atoms with Crippen molar-refractivity contribution in [2.45, 2.75) is 25.7 Å². The standard InChI is InChI=1S/C25H26N2O5S/c1-17-10-8-15-23(18(17)2)27(33(30,31)20-11-6-5-7-12-20)16-24(28)26-22-14-9-13-21(19(22)3)25(29)32-4/h5-15H,16H2,1-4H3,(H,26,28). The van der Waals surface area contributed by atoms with Crippen LogP contribution in [-0.2, 0) is 19.6 Å². The third-order valence-corrected chi connectivity index (χ3v) is 7.25. The molecule has 0 aliphatic heterocycles. The minimum atomic E-state index is -4.02. The van der Waals surface area contributed by atoms with E-state index in [0.717, 1.165) is 15.4 Å². The number of methoxy groups -OCH3 is 1. The molecular weight excluding hydrogens is 440 g/mol. The van der Waals surface area contributed by atoms with Gasteiger partial charge >= 0.3 is 5.97 Å². The molecule has 3 rings (SSSR count). The molecule has 1 N–H and O–H groups in total. The number of esters is 1. The van der Waals surface area contributed by atoms with E-state index in [1.54, 1.807) is 55.5 Å². The molecule has 172 valence electrons. The highest BCUT2D eigenvalue weighted by Crippen LogP contribution is 2.29. The van der Waals surface area contributed by atoms with E-state index in [-0.39, 0.29) is 4.90 Å². The van der Waals surface area contributed by atoms with Crippen LogP contribution in [0.3, 0.4) is 0 Å². The number of rotatable bonds is 7. The number of anilines is 2. The van der Waals surface area contributed by atoms with Crippen LogP contribution in [0.25, 0.3) is 0 Å². The Kier molecular flexibility index (Phi) is 7.18. The van der Waals surface area contributed by atoms with Crippen molar-refractivity contribution < 1.29 is 22.7 Å². The number of hydrogen-bond acceptors (Lipinski definition) is 5. The lowest BCUT2D eigenvalue weighted by molar-refractivity contribution is -0.114. The molecule has 0 heterocycles. The third-order valence-electron chi connectivity index (χ3n) is 5.48. The molecule has 0 bridgehead atoms. The van der Waals surface area contributed by atoms with E-state index in [9.17, 15) is 18.0 Å². The maximum absolute atomic E-state index is 13.5. The van der Waals surface area contributed by atoms with E-state index in [4.69, 9.17) is 4.74 Å². The second-order valence-corrected chi connectivity index (χ2v) is 9.42. The molecule has 0 aliphatic rings. The fourth-order valence-electron chi connectivity index (χ4n) is 3.45. The molecular formula is C25H26N2O5S. The van der Waals surface area contributed by atoms with Gasteiger partial charge in [-0.2, -0.15) is 0 Å². The summed E-state index contributed by atoms with van der Waals surface area (Å²) in [5.74, 6) is -1.06. The van der Waals surface area contributed by atoms with Gasteiger partial charge in [-0.05, 0) is 67.8 Å². The summed E-state index contributed by atoms with van der Waals surface area (Å²) in [6.07, 6.45) is 0. The molecule has 0 radical (unpaired) electrons. The number of ether oxygens (including phenoxy) is 1. The SMILES string of the molecule is COC(=O)c1cccc(NC(=O)CN(c2cccc(C)c2C)S(=O)(=O)c2ccccc2)c1C. The predicted octanol–water partition coefficient (Wildman–Crippen LogP) is 4.23. The van der Waals surface area contributed by atoms with Gasteiger partial charge in [-0.15, -0.1) is 0 Å². The summed E-state index contributed by atoms with van der Waals surface area (Å²) in [5.41, 5.74) is 3.34. The number of carbonyl (C=O) groups is 2. The van der Waals surface area contributed by atoms with Crippen molar-refractivity contribution in [1.29, 1.82) is 0 Å². The monoisotopic (exact) mass is 466 g/mol. The lowest BCUT2D eigenvalue weighted by atomic mass is 10.1. The number of hydrogen-bond donors (Lipinski definition) is 1. The summed E-state index contributed by atoms with van der Waals surface area (Å²) in [7, 11) is -2.74. The van der Waals surface area contributed by atoms with Gasteiger partial charge in [0, 0.05) is 5.69 Å². The zero-order valence-corrected chi connectivity index (χ0v) is 19.8. The van der Waals surface area contributed by atoms with Crippen LogP contribution < -0.4 is 9.62 Å². The molecule has 3 aromatic carbocycles. The molecule has 0 aliphatic carbocycles. The smallest absolute Gasteiger partial charge is 0.338 e. The summed E-state index contributed by atoms with van der Waals surface area (Å²) >= 11 is 0. The highest BCUT2D eigenvalue weighted by Gasteiger charge is 2.28. The van der Waals surface area contributed by atoms with E-state index in [0.29, 0.717) is 22.5 Å². The quantitative estimate of drug-likeness (QED) is 0.526. The van der Waals surface area contributed by atoms with Crippen LogP contribution in [0.5, 0.6) is 0 Å². The normalized spacial score (nSPS) is 11.0. The Hall–Kier alpha value is -3.65. The van der Waals surface area contributed by atoms with Gasteiger partial charge in [-0.1, -0.05) is 36.4 Å². The van der Waals surface area contributed by atoms with E-state index < -0.39 is 28.4 Å². The number of aryl methyl sites for hydroxylation is 1. The highest BCUT2D eigenvalue weighted by atomic mass is 32.2. The first-order valence-corrected chi connectivity index (χ1v) is 11.7. The van der Waals surface area contributed by atoms with Crippen molar-refractivity contribution in [2.24, 2.45) is 0 Å². The minimum Gasteiger partial charge on any atom is -0.465 e. The van der Waals surface area contributed by atoms with Crippen molar-refractivity contribution >= 4 is 33.3 Å². The Bertz CT molecular complexity index is 1290. The number of carbonyl (C=O) groups excluding carboxylic acids is 2. The molecule has 7 nitrogen and oxygen atoms in total. The van der Waals surface area contributed by atoms with Gasteiger partial charge in [0.05, 0.1) is 23.3 Å². The predicted molar refractivity (Wildman–Crippen MR) is 128 cm³/mol. The fraction of sp³-hybridized carbons (Fsp3) is 0.200. The Balaban J connectivity index is 1.99. The van der Waals surface area contributed by atoms with Gasteiger partial charge < -0.3 is 10.1 Å². The number of sulfonamides is 1. The van der Waals surface area contributed by atoms with Gasteiger partial charge in [0.1, 0.15) is 6.54 Å². The van der Waals surface area contributed by atoms with Crippen LogP contribution in [0.1, 0.15) is 27.0 Å². The maximum Gasteiger partial charge on any atom is 0.338 e. The zero-order chi connectivity index (χ0) is 24.2. The van der Waals surface area contributed by atoms with Gasteiger partial charge in [0.25, 0.3) is 10.0 Å². The molecule has 0 fully saturated rings. The van der Waals surface area contributed by atoms with Crippen LogP contribution in [0.15, 0.2) is 71.6 Å². The first-order valence-electron chi connectivity index (χ1n) is 10.3. The van der Waals surface area contributed by atoms with Crippen molar-refractivity contribution in [3.8, 4) is 0 Å². The van der Waals surface area contributed by atoms with E-state index in [2.05, 4.69) is 5.32 Å². The molecule has 0 spiro atoms.